The maximum atomic E-state index is 13.3. The van der Waals surface area contributed by atoms with Crippen LogP contribution in [0, 0.1) is 5.82 Å². The molecule has 184 valence electrons. The van der Waals surface area contributed by atoms with Crippen molar-refractivity contribution in [1.29, 1.82) is 0 Å². The van der Waals surface area contributed by atoms with Crippen LogP contribution in [0.3, 0.4) is 0 Å². The first-order valence-corrected chi connectivity index (χ1v) is 11.5. The Morgan fingerprint density at radius 1 is 1.11 bits per heavy atom. The SMILES string of the molecule is COc1ccccc1CC(=O)N1CCC(NC(=O)C2=NN(c3ccc(F)cc3)C(C(N)=O)C2)CC1. The number of piperidine rings is 1. The number of likely N-dealkylation sites (tertiary alicyclic amines) is 1. The second kappa shape index (κ2) is 10.5. The molecule has 2 heterocycles. The van der Waals surface area contributed by atoms with Gasteiger partial charge in [-0.05, 0) is 43.2 Å². The van der Waals surface area contributed by atoms with Crippen molar-refractivity contribution in [2.75, 3.05) is 25.2 Å². The normalized spacial score (nSPS) is 18.2. The van der Waals surface area contributed by atoms with Crippen molar-refractivity contribution >= 4 is 29.1 Å². The quantitative estimate of drug-likeness (QED) is 0.623. The number of hydrogen-bond acceptors (Lipinski definition) is 6. The van der Waals surface area contributed by atoms with Crippen LogP contribution in [-0.2, 0) is 20.8 Å². The molecule has 2 aliphatic heterocycles. The van der Waals surface area contributed by atoms with Crippen LogP contribution >= 0.6 is 0 Å². The molecule has 3 amide bonds. The van der Waals surface area contributed by atoms with Crippen molar-refractivity contribution in [2.24, 2.45) is 10.8 Å². The molecule has 0 spiro atoms. The number of anilines is 1. The van der Waals surface area contributed by atoms with Crippen molar-refractivity contribution in [3.8, 4) is 5.75 Å². The topological polar surface area (TPSA) is 117 Å². The molecule has 35 heavy (non-hydrogen) atoms. The molecular weight excluding hydrogens is 453 g/mol. The van der Waals surface area contributed by atoms with E-state index in [2.05, 4.69) is 10.4 Å². The van der Waals surface area contributed by atoms with Gasteiger partial charge in [-0.3, -0.25) is 19.4 Å². The van der Waals surface area contributed by atoms with Crippen molar-refractivity contribution in [1.82, 2.24) is 10.2 Å². The standard InChI is InChI=1S/C25H28FN5O4/c1-35-22-5-3-2-4-16(22)14-23(32)30-12-10-18(11-13-30)28-25(34)20-15-21(24(27)33)31(29-20)19-8-6-17(26)7-9-19/h2-9,18,21H,10-15H2,1H3,(H2,27,33)(H,28,34). The van der Waals surface area contributed by atoms with Gasteiger partial charge in [0.25, 0.3) is 5.91 Å². The number of halogens is 1. The molecule has 10 heteroatoms. The molecule has 1 saturated heterocycles. The third-order valence-electron chi connectivity index (χ3n) is 6.31. The number of nitrogens with zero attached hydrogens (tertiary/aromatic N) is 3. The van der Waals surface area contributed by atoms with Crippen LogP contribution < -0.4 is 20.8 Å². The van der Waals surface area contributed by atoms with Gasteiger partial charge in [0.15, 0.2) is 0 Å². The maximum Gasteiger partial charge on any atom is 0.267 e. The number of amides is 3. The highest BCUT2D eigenvalue weighted by Crippen LogP contribution is 2.25. The number of methoxy groups -OCH3 is 1. The van der Waals surface area contributed by atoms with E-state index < -0.39 is 17.8 Å². The summed E-state index contributed by atoms with van der Waals surface area (Å²) >= 11 is 0. The predicted molar refractivity (Wildman–Crippen MR) is 128 cm³/mol. The molecule has 1 fully saturated rings. The number of para-hydroxylation sites is 1. The number of carbonyl (C=O) groups excluding carboxylic acids is 3. The highest BCUT2D eigenvalue weighted by molar-refractivity contribution is 6.40. The van der Waals surface area contributed by atoms with Crippen molar-refractivity contribution in [2.45, 2.75) is 37.8 Å². The maximum absolute atomic E-state index is 13.3. The molecule has 1 atom stereocenters. The van der Waals surface area contributed by atoms with E-state index in [1.165, 1.54) is 29.3 Å². The van der Waals surface area contributed by atoms with E-state index in [4.69, 9.17) is 10.5 Å². The minimum absolute atomic E-state index is 0.0127. The molecule has 2 aromatic carbocycles. The Morgan fingerprint density at radius 3 is 2.46 bits per heavy atom. The molecule has 2 aliphatic rings. The average molecular weight is 482 g/mol. The van der Waals surface area contributed by atoms with Crippen LogP contribution in [0.5, 0.6) is 5.75 Å². The number of nitrogens with one attached hydrogen (secondary N) is 1. The molecule has 9 nitrogen and oxygen atoms in total. The fourth-order valence-corrected chi connectivity index (χ4v) is 4.37. The first kappa shape index (κ1) is 24.2. The second-order valence-electron chi connectivity index (χ2n) is 8.61. The monoisotopic (exact) mass is 481 g/mol. The number of nitrogens with two attached hydrogens (primary N) is 1. The molecule has 0 saturated carbocycles. The van der Waals surface area contributed by atoms with Crippen molar-refractivity contribution in [3.05, 3.63) is 59.9 Å². The fraction of sp³-hybridized carbons (Fsp3) is 0.360. The van der Waals surface area contributed by atoms with Gasteiger partial charge in [-0.2, -0.15) is 5.10 Å². The number of carbonyl (C=O) groups is 3. The summed E-state index contributed by atoms with van der Waals surface area (Å²) in [7, 11) is 1.58. The Morgan fingerprint density at radius 2 is 1.80 bits per heavy atom. The number of hydrogen-bond donors (Lipinski definition) is 2. The highest BCUT2D eigenvalue weighted by Gasteiger charge is 2.36. The number of benzene rings is 2. The van der Waals surface area contributed by atoms with Gasteiger partial charge in [0.2, 0.25) is 11.8 Å². The Balaban J connectivity index is 1.33. The first-order chi connectivity index (χ1) is 16.9. The summed E-state index contributed by atoms with van der Waals surface area (Å²) in [6, 6.07) is 12.0. The molecule has 0 aliphatic carbocycles. The van der Waals surface area contributed by atoms with E-state index in [0.717, 1.165) is 5.56 Å². The van der Waals surface area contributed by atoms with Gasteiger partial charge in [0.05, 0.1) is 19.2 Å². The molecule has 4 rings (SSSR count). The largest absolute Gasteiger partial charge is 0.496 e. The van der Waals surface area contributed by atoms with Crippen LogP contribution in [-0.4, -0.2) is 60.6 Å². The lowest BCUT2D eigenvalue weighted by Gasteiger charge is -2.32. The molecule has 3 N–H and O–H groups in total. The summed E-state index contributed by atoms with van der Waals surface area (Å²) in [6.45, 7) is 1.05. The summed E-state index contributed by atoms with van der Waals surface area (Å²) < 4.78 is 18.6. The van der Waals surface area contributed by atoms with Gasteiger partial charge in [-0.1, -0.05) is 18.2 Å². The Hall–Kier alpha value is -3.95. The zero-order valence-electron chi connectivity index (χ0n) is 19.4. The Kier molecular flexibility index (Phi) is 7.28. The van der Waals surface area contributed by atoms with E-state index in [1.807, 2.05) is 24.3 Å². The lowest BCUT2D eigenvalue weighted by Crippen LogP contribution is -2.48. The van der Waals surface area contributed by atoms with Gasteiger partial charge in [-0.25, -0.2) is 4.39 Å². The summed E-state index contributed by atoms with van der Waals surface area (Å²) in [6.07, 6.45) is 1.54. The molecular formula is C25H28FN5O4. The summed E-state index contributed by atoms with van der Waals surface area (Å²) in [5, 5.41) is 8.62. The molecule has 0 bridgehead atoms. The average Bonchev–Trinajstić information content (AvgIpc) is 3.31. The lowest BCUT2D eigenvalue weighted by molar-refractivity contribution is -0.131. The smallest absolute Gasteiger partial charge is 0.267 e. The zero-order valence-corrected chi connectivity index (χ0v) is 19.4. The van der Waals surface area contributed by atoms with Gasteiger partial charge < -0.3 is 20.7 Å². The number of rotatable bonds is 7. The zero-order chi connectivity index (χ0) is 24.9. The van der Waals surface area contributed by atoms with E-state index in [1.54, 1.807) is 12.0 Å². The van der Waals surface area contributed by atoms with Gasteiger partial charge in [-0.15, -0.1) is 0 Å². The van der Waals surface area contributed by atoms with Crippen LogP contribution in [0.4, 0.5) is 10.1 Å². The van der Waals surface area contributed by atoms with Crippen molar-refractivity contribution in [3.63, 3.8) is 0 Å². The molecule has 0 radical (unpaired) electrons. The Bertz CT molecular complexity index is 1130. The van der Waals surface area contributed by atoms with E-state index >= 15 is 0 Å². The van der Waals surface area contributed by atoms with Crippen molar-refractivity contribution < 1.29 is 23.5 Å². The van der Waals surface area contributed by atoms with Crippen LogP contribution in [0.25, 0.3) is 0 Å². The van der Waals surface area contributed by atoms with E-state index in [-0.39, 0.29) is 36.4 Å². The summed E-state index contributed by atoms with van der Waals surface area (Å²) in [5.41, 5.74) is 7.01. The molecule has 0 aromatic heterocycles. The second-order valence-corrected chi connectivity index (χ2v) is 8.61. The minimum Gasteiger partial charge on any atom is -0.496 e. The number of hydrazone groups is 1. The van der Waals surface area contributed by atoms with Gasteiger partial charge in [0, 0.05) is 31.1 Å². The van der Waals surface area contributed by atoms with Crippen LogP contribution in [0.15, 0.2) is 53.6 Å². The summed E-state index contributed by atoms with van der Waals surface area (Å²) in [4.78, 5) is 39.4. The van der Waals surface area contributed by atoms with Crippen LogP contribution in [0.2, 0.25) is 0 Å². The number of primary amides is 1. The third kappa shape index (κ3) is 5.59. The minimum atomic E-state index is -0.823. The first-order valence-electron chi connectivity index (χ1n) is 11.5. The molecule has 2 aromatic rings. The Labute approximate surface area is 202 Å². The van der Waals surface area contributed by atoms with E-state index in [9.17, 15) is 18.8 Å². The third-order valence-corrected chi connectivity index (χ3v) is 6.31. The summed E-state index contributed by atoms with van der Waals surface area (Å²) in [5.74, 6) is -0.719. The van der Waals surface area contributed by atoms with E-state index in [0.29, 0.717) is 37.4 Å². The van der Waals surface area contributed by atoms with Crippen LogP contribution in [0.1, 0.15) is 24.8 Å². The lowest BCUT2D eigenvalue weighted by atomic mass is 10.0. The van der Waals surface area contributed by atoms with Gasteiger partial charge in [0.1, 0.15) is 23.3 Å². The highest BCUT2D eigenvalue weighted by atomic mass is 19.1. The van der Waals surface area contributed by atoms with Gasteiger partial charge >= 0.3 is 0 Å². The predicted octanol–water partition coefficient (Wildman–Crippen LogP) is 1.60. The fourth-order valence-electron chi connectivity index (χ4n) is 4.37. The molecule has 1 unspecified atom stereocenters. The number of ether oxygens (including phenoxy) is 1.